The van der Waals surface area contributed by atoms with E-state index < -0.39 is 5.91 Å². The van der Waals surface area contributed by atoms with Gasteiger partial charge in [0.2, 0.25) is 5.95 Å². The number of carbonyl (C=O) groups excluding carboxylic acids is 1. The van der Waals surface area contributed by atoms with Crippen molar-refractivity contribution in [3.05, 3.63) is 29.8 Å². The fourth-order valence-electron chi connectivity index (χ4n) is 1.12. The summed E-state index contributed by atoms with van der Waals surface area (Å²) in [6.45, 7) is 1.72. The van der Waals surface area contributed by atoms with Crippen LogP contribution in [0.3, 0.4) is 0 Å². The number of nitrogens with one attached hydrogen (secondary N) is 2. The Labute approximate surface area is 90.6 Å². The third-order valence-corrected chi connectivity index (χ3v) is 1.81. The van der Waals surface area contributed by atoms with Gasteiger partial charge in [-0.3, -0.25) is 20.2 Å². The van der Waals surface area contributed by atoms with Gasteiger partial charge in [-0.25, -0.2) is 0 Å². The second kappa shape index (κ2) is 3.97. The summed E-state index contributed by atoms with van der Waals surface area (Å²) in [6, 6.07) is 1.31. The van der Waals surface area contributed by atoms with E-state index in [1.54, 1.807) is 6.92 Å². The molecular formula is C9H9N5O2. The summed E-state index contributed by atoms with van der Waals surface area (Å²) < 4.78 is 0. The van der Waals surface area contributed by atoms with Crippen molar-refractivity contribution in [2.45, 2.75) is 6.92 Å². The fourth-order valence-corrected chi connectivity index (χ4v) is 1.12. The van der Waals surface area contributed by atoms with E-state index in [-0.39, 0.29) is 17.3 Å². The molecule has 0 fully saturated rings. The highest BCUT2D eigenvalue weighted by Crippen LogP contribution is 2.09. The number of carbonyl (C=O) groups is 1. The number of nitrogens with zero attached hydrogens (tertiary/aromatic N) is 3. The van der Waals surface area contributed by atoms with Crippen LogP contribution in [0.5, 0.6) is 5.75 Å². The van der Waals surface area contributed by atoms with Gasteiger partial charge in [0.25, 0.3) is 5.91 Å². The molecule has 7 nitrogen and oxygen atoms in total. The average molecular weight is 219 g/mol. The van der Waals surface area contributed by atoms with Gasteiger partial charge in [0.15, 0.2) is 0 Å². The second-order valence-corrected chi connectivity index (χ2v) is 3.13. The van der Waals surface area contributed by atoms with Crippen LogP contribution in [0.25, 0.3) is 0 Å². The van der Waals surface area contributed by atoms with Crippen molar-refractivity contribution in [3.8, 4) is 5.75 Å². The Hall–Kier alpha value is -2.44. The third kappa shape index (κ3) is 2.14. The molecule has 0 aliphatic heterocycles. The van der Waals surface area contributed by atoms with Gasteiger partial charge in [-0.2, -0.15) is 4.98 Å². The van der Waals surface area contributed by atoms with Crippen LogP contribution in [0.2, 0.25) is 0 Å². The second-order valence-electron chi connectivity index (χ2n) is 3.13. The lowest BCUT2D eigenvalue weighted by atomic mass is 10.2. The molecule has 0 spiro atoms. The molecule has 0 bridgehead atoms. The van der Waals surface area contributed by atoms with Gasteiger partial charge in [-0.05, 0) is 13.0 Å². The zero-order valence-corrected chi connectivity index (χ0v) is 8.43. The maximum absolute atomic E-state index is 11.6. The van der Waals surface area contributed by atoms with Crippen molar-refractivity contribution in [1.29, 1.82) is 0 Å². The first-order valence-electron chi connectivity index (χ1n) is 4.49. The number of aryl methyl sites for hydroxylation is 1. The minimum atomic E-state index is -0.428. The molecule has 1 amide bonds. The molecule has 0 atom stereocenters. The summed E-state index contributed by atoms with van der Waals surface area (Å²) in [4.78, 5) is 19.2. The molecule has 0 radical (unpaired) electrons. The molecule has 0 saturated carbocycles. The number of rotatable bonds is 2. The van der Waals surface area contributed by atoms with Crippen LogP contribution in [0, 0.1) is 6.92 Å². The predicted molar refractivity (Wildman–Crippen MR) is 55.0 cm³/mol. The maximum atomic E-state index is 11.6. The zero-order valence-electron chi connectivity index (χ0n) is 8.43. The van der Waals surface area contributed by atoms with E-state index in [2.05, 4.69) is 25.5 Å². The summed E-state index contributed by atoms with van der Waals surface area (Å²) in [5, 5.41) is 18.0. The highest BCUT2D eigenvalue weighted by molar-refractivity contribution is 6.03. The van der Waals surface area contributed by atoms with Crippen molar-refractivity contribution in [1.82, 2.24) is 20.2 Å². The van der Waals surface area contributed by atoms with E-state index in [9.17, 15) is 4.79 Å². The van der Waals surface area contributed by atoms with E-state index >= 15 is 0 Å². The van der Waals surface area contributed by atoms with Crippen molar-refractivity contribution < 1.29 is 9.90 Å². The van der Waals surface area contributed by atoms with Gasteiger partial charge in [0.05, 0.1) is 11.8 Å². The highest BCUT2D eigenvalue weighted by Gasteiger charge is 2.09. The van der Waals surface area contributed by atoms with Gasteiger partial charge in [-0.15, -0.1) is 5.10 Å². The summed E-state index contributed by atoms with van der Waals surface area (Å²) in [5.74, 6) is 0.288. The summed E-state index contributed by atoms with van der Waals surface area (Å²) in [7, 11) is 0. The lowest BCUT2D eigenvalue weighted by Crippen LogP contribution is -2.13. The number of amides is 1. The molecule has 7 heteroatoms. The van der Waals surface area contributed by atoms with Gasteiger partial charge < -0.3 is 5.11 Å². The molecule has 0 unspecified atom stereocenters. The number of hydrogen-bond donors (Lipinski definition) is 3. The Morgan fingerprint density at radius 3 is 2.94 bits per heavy atom. The number of anilines is 1. The summed E-state index contributed by atoms with van der Waals surface area (Å²) in [5.41, 5.74) is 0.238. The first-order chi connectivity index (χ1) is 7.65. The van der Waals surface area contributed by atoms with Gasteiger partial charge in [-0.1, -0.05) is 0 Å². The van der Waals surface area contributed by atoms with Crippen LogP contribution < -0.4 is 5.32 Å². The molecular weight excluding hydrogens is 210 g/mol. The molecule has 0 aromatic carbocycles. The van der Waals surface area contributed by atoms with Crippen LogP contribution in [0.1, 0.15) is 16.2 Å². The summed E-state index contributed by atoms with van der Waals surface area (Å²) >= 11 is 0. The Kier molecular flexibility index (Phi) is 2.50. The number of hydrogen-bond acceptors (Lipinski definition) is 5. The SMILES string of the molecule is Cc1nc(NC(=O)c2cncc(O)c2)n[nH]1. The molecule has 2 aromatic rings. The van der Waals surface area contributed by atoms with Crippen LogP contribution in [0.15, 0.2) is 18.5 Å². The first kappa shape index (κ1) is 10.1. The number of aromatic hydroxyl groups is 1. The Bertz CT molecular complexity index is 522. The average Bonchev–Trinajstić information content (AvgIpc) is 2.64. The van der Waals surface area contributed by atoms with Crippen LogP contribution in [-0.2, 0) is 0 Å². The Balaban J connectivity index is 2.14. The highest BCUT2D eigenvalue weighted by atomic mass is 16.3. The molecule has 16 heavy (non-hydrogen) atoms. The van der Waals surface area contributed by atoms with Gasteiger partial charge in [0.1, 0.15) is 11.6 Å². The van der Waals surface area contributed by atoms with E-state index in [0.717, 1.165) is 0 Å². The number of H-pyrrole nitrogens is 1. The minimum absolute atomic E-state index is 0.0705. The van der Waals surface area contributed by atoms with Gasteiger partial charge in [0, 0.05) is 6.20 Å². The van der Waals surface area contributed by atoms with Crippen molar-refractivity contribution in [2.75, 3.05) is 5.32 Å². The molecule has 0 aliphatic rings. The molecule has 2 heterocycles. The molecule has 0 saturated heterocycles. The summed E-state index contributed by atoms with van der Waals surface area (Å²) in [6.07, 6.45) is 2.59. The van der Waals surface area contributed by atoms with Crippen LogP contribution in [0.4, 0.5) is 5.95 Å². The Morgan fingerprint density at radius 2 is 2.31 bits per heavy atom. The van der Waals surface area contributed by atoms with E-state index in [4.69, 9.17) is 5.11 Å². The smallest absolute Gasteiger partial charge is 0.259 e. The van der Waals surface area contributed by atoms with Gasteiger partial charge >= 0.3 is 0 Å². The van der Waals surface area contributed by atoms with Crippen molar-refractivity contribution in [3.63, 3.8) is 0 Å². The zero-order chi connectivity index (χ0) is 11.5. The lowest BCUT2D eigenvalue weighted by molar-refractivity contribution is 0.102. The maximum Gasteiger partial charge on any atom is 0.259 e. The molecule has 82 valence electrons. The van der Waals surface area contributed by atoms with E-state index in [1.165, 1.54) is 18.5 Å². The molecule has 2 aromatic heterocycles. The third-order valence-electron chi connectivity index (χ3n) is 1.81. The van der Waals surface area contributed by atoms with Crippen molar-refractivity contribution >= 4 is 11.9 Å². The predicted octanol–water partition coefficient (Wildman–Crippen LogP) is 0.466. The monoisotopic (exact) mass is 219 g/mol. The Morgan fingerprint density at radius 1 is 1.50 bits per heavy atom. The first-order valence-corrected chi connectivity index (χ1v) is 4.49. The van der Waals surface area contributed by atoms with Crippen LogP contribution in [-0.4, -0.2) is 31.2 Å². The van der Waals surface area contributed by atoms with Crippen molar-refractivity contribution in [2.24, 2.45) is 0 Å². The molecule has 0 aliphatic carbocycles. The normalized spacial score (nSPS) is 10.1. The standard InChI is InChI=1S/C9H9N5O2/c1-5-11-9(14-13-5)12-8(16)6-2-7(15)4-10-3-6/h2-4,15H,1H3,(H2,11,12,13,14,16). The number of aromatic nitrogens is 4. The quantitative estimate of drug-likeness (QED) is 0.680. The topological polar surface area (TPSA) is 104 Å². The lowest BCUT2D eigenvalue weighted by Gasteiger charge is -2.00. The van der Waals surface area contributed by atoms with Crippen LogP contribution >= 0.6 is 0 Å². The van der Waals surface area contributed by atoms with E-state index in [1.807, 2.05) is 0 Å². The molecule has 2 rings (SSSR count). The number of pyridine rings is 1. The van der Waals surface area contributed by atoms with E-state index in [0.29, 0.717) is 5.82 Å². The fraction of sp³-hybridized carbons (Fsp3) is 0.111. The largest absolute Gasteiger partial charge is 0.506 e. The molecule has 3 N–H and O–H groups in total. The minimum Gasteiger partial charge on any atom is -0.506 e. The number of aromatic amines is 1.